The van der Waals surface area contributed by atoms with Crippen molar-refractivity contribution in [2.45, 2.75) is 39.2 Å². The Morgan fingerprint density at radius 2 is 2.00 bits per heavy atom. The lowest BCUT2D eigenvalue weighted by atomic mass is 10.1. The second-order valence-corrected chi connectivity index (χ2v) is 5.25. The van der Waals surface area contributed by atoms with E-state index in [2.05, 4.69) is 0 Å². The lowest BCUT2D eigenvalue weighted by Gasteiger charge is -2.13. The average Bonchev–Trinajstić information content (AvgIpc) is 2.82. The number of ether oxygens (including phenoxy) is 1. The van der Waals surface area contributed by atoms with Gasteiger partial charge in [-0.1, -0.05) is 44.7 Å². The molecule has 0 radical (unpaired) electrons. The van der Waals surface area contributed by atoms with Crippen molar-refractivity contribution in [3.05, 3.63) is 0 Å². The molecular formula is C12H18O3S2. The van der Waals surface area contributed by atoms with Crippen LogP contribution < -0.4 is 0 Å². The van der Waals surface area contributed by atoms with Crippen molar-refractivity contribution in [2.75, 3.05) is 6.61 Å². The Labute approximate surface area is 113 Å². The highest BCUT2D eigenvalue weighted by molar-refractivity contribution is 7.89. The van der Waals surface area contributed by atoms with Gasteiger partial charge in [-0.3, -0.25) is 4.79 Å². The van der Waals surface area contributed by atoms with Crippen LogP contribution >= 0.6 is 24.4 Å². The zero-order valence-corrected chi connectivity index (χ0v) is 12.0. The van der Waals surface area contributed by atoms with E-state index in [1.54, 1.807) is 13.8 Å². The van der Waals surface area contributed by atoms with Crippen LogP contribution in [0.25, 0.3) is 0 Å². The van der Waals surface area contributed by atoms with Gasteiger partial charge >= 0.3 is 5.97 Å². The lowest BCUT2D eigenvalue weighted by Crippen LogP contribution is -2.32. The highest BCUT2D eigenvalue weighted by Gasteiger charge is 2.68. The second-order valence-electron chi connectivity index (χ2n) is 4.35. The molecule has 1 rings (SSSR count). The van der Waals surface area contributed by atoms with Crippen LogP contribution in [0.5, 0.6) is 0 Å². The Balaban J connectivity index is 2.74. The number of hydrogen-bond acceptors (Lipinski definition) is 5. The minimum atomic E-state index is -1.26. The Hall–Kier alpha value is -0.390. The Bertz CT molecular complexity index is 354. The monoisotopic (exact) mass is 274 g/mol. The van der Waals surface area contributed by atoms with E-state index in [4.69, 9.17) is 29.2 Å². The molecule has 0 amide bonds. The van der Waals surface area contributed by atoms with E-state index in [9.17, 15) is 9.90 Å². The summed E-state index contributed by atoms with van der Waals surface area (Å²) in [6.45, 7) is 5.84. The highest BCUT2D eigenvalue weighted by Crippen LogP contribution is 2.52. The molecule has 2 unspecified atom stereocenters. The summed E-state index contributed by atoms with van der Waals surface area (Å²) in [5.41, 5.74) is -1.26. The first kappa shape index (κ1) is 14.7. The smallest absolute Gasteiger partial charge is 0.312 e. The fourth-order valence-corrected chi connectivity index (χ4v) is 2.85. The lowest BCUT2D eigenvalue weighted by molar-refractivity contribution is -0.146. The fraction of sp³-hybridized carbons (Fsp3) is 0.750. The molecule has 3 atom stereocenters. The van der Waals surface area contributed by atoms with Gasteiger partial charge in [0.25, 0.3) is 0 Å². The van der Waals surface area contributed by atoms with Crippen molar-refractivity contribution in [1.29, 1.82) is 0 Å². The number of esters is 1. The molecule has 1 aliphatic rings. The standard InChI is InChI=1S/C12H18O3S2/c1-4-6-8(16)10(17)12(14)7(3)9(12)11(13)15-5-2/h7,9,14H,4-6H2,1-3H3/t7?,9?,12-/m1/s1. The van der Waals surface area contributed by atoms with Crippen molar-refractivity contribution < 1.29 is 14.6 Å². The maximum atomic E-state index is 11.6. The van der Waals surface area contributed by atoms with Gasteiger partial charge in [0.1, 0.15) is 5.60 Å². The summed E-state index contributed by atoms with van der Waals surface area (Å²) >= 11 is 10.4. The Kier molecular flexibility index (Phi) is 4.75. The van der Waals surface area contributed by atoms with E-state index in [0.717, 1.165) is 6.42 Å². The summed E-state index contributed by atoms with van der Waals surface area (Å²) in [6.07, 6.45) is 1.56. The van der Waals surface area contributed by atoms with Crippen LogP contribution in [-0.4, -0.2) is 33.0 Å². The minimum absolute atomic E-state index is 0.205. The summed E-state index contributed by atoms with van der Waals surface area (Å²) in [7, 11) is 0. The largest absolute Gasteiger partial charge is 0.466 e. The van der Waals surface area contributed by atoms with Crippen LogP contribution in [-0.2, 0) is 9.53 Å². The van der Waals surface area contributed by atoms with Gasteiger partial charge in [-0.05, 0) is 13.3 Å². The first-order valence-electron chi connectivity index (χ1n) is 5.87. The van der Waals surface area contributed by atoms with Crippen molar-refractivity contribution in [2.24, 2.45) is 11.8 Å². The van der Waals surface area contributed by atoms with Gasteiger partial charge in [0.15, 0.2) is 0 Å². The summed E-state index contributed by atoms with van der Waals surface area (Å²) < 4.78 is 4.92. The van der Waals surface area contributed by atoms with Gasteiger partial charge in [0.05, 0.1) is 17.4 Å². The molecule has 0 spiro atoms. The molecule has 17 heavy (non-hydrogen) atoms. The molecule has 3 nitrogen and oxygen atoms in total. The molecule has 1 saturated carbocycles. The summed E-state index contributed by atoms with van der Waals surface area (Å²) in [5, 5.41) is 10.4. The number of hydrogen-bond donors (Lipinski definition) is 1. The van der Waals surface area contributed by atoms with Crippen LogP contribution in [0.4, 0.5) is 0 Å². The topological polar surface area (TPSA) is 46.5 Å². The predicted molar refractivity (Wildman–Crippen MR) is 74.3 cm³/mol. The first-order valence-corrected chi connectivity index (χ1v) is 6.69. The summed E-state index contributed by atoms with van der Waals surface area (Å²) in [4.78, 5) is 12.6. The molecule has 0 aromatic carbocycles. The van der Waals surface area contributed by atoms with Gasteiger partial charge in [0, 0.05) is 10.8 Å². The van der Waals surface area contributed by atoms with Gasteiger partial charge < -0.3 is 9.84 Å². The minimum Gasteiger partial charge on any atom is -0.466 e. The SMILES string of the molecule is CCCC(=S)C(=S)[C@@]1(O)C(C)C1C(=O)OCC. The molecule has 0 aromatic rings. The van der Waals surface area contributed by atoms with E-state index >= 15 is 0 Å². The number of rotatable bonds is 6. The van der Waals surface area contributed by atoms with Crippen LogP contribution in [0.2, 0.25) is 0 Å². The average molecular weight is 274 g/mol. The van der Waals surface area contributed by atoms with Crippen molar-refractivity contribution >= 4 is 40.1 Å². The van der Waals surface area contributed by atoms with E-state index in [-0.39, 0.29) is 11.9 Å². The zero-order chi connectivity index (χ0) is 13.2. The van der Waals surface area contributed by atoms with Gasteiger partial charge in [-0.25, -0.2) is 0 Å². The molecule has 1 N–H and O–H groups in total. The molecule has 0 aromatic heterocycles. The molecule has 0 bridgehead atoms. The Morgan fingerprint density at radius 1 is 1.41 bits per heavy atom. The number of aliphatic hydroxyl groups is 1. The number of thiocarbonyl (C=S) groups is 2. The third-order valence-corrected chi connectivity index (χ3v) is 4.30. The molecule has 0 heterocycles. The van der Waals surface area contributed by atoms with Crippen molar-refractivity contribution in [3.8, 4) is 0 Å². The highest BCUT2D eigenvalue weighted by atomic mass is 32.1. The van der Waals surface area contributed by atoms with Crippen LogP contribution in [0.3, 0.4) is 0 Å². The van der Waals surface area contributed by atoms with Gasteiger partial charge in [-0.15, -0.1) is 0 Å². The van der Waals surface area contributed by atoms with Gasteiger partial charge in [-0.2, -0.15) is 0 Å². The van der Waals surface area contributed by atoms with Crippen molar-refractivity contribution in [1.82, 2.24) is 0 Å². The predicted octanol–water partition coefficient (Wildman–Crippen LogP) is 2.09. The maximum absolute atomic E-state index is 11.6. The first-order chi connectivity index (χ1) is 7.91. The molecule has 5 heteroatoms. The summed E-state index contributed by atoms with van der Waals surface area (Å²) in [5.74, 6) is -1.14. The maximum Gasteiger partial charge on any atom is 0.312 e. The quantitative estimate of drug-likeness (QED) is 0.593. The third kappa shape index (κ3) is 2.56. The van der Waals surface area contributed by atoms with Crippen LogP contribution in [0.15, 0.2) is 0 Å². The van der Waals surface area contributed by atoms with Crippen molar-refractivity contribution in [3.63, 3.8) is 0 Å². The van der Waals surface area contributed by atoms with Crippen LogP contribution in [0, 0.1) is 11.8 Å². The van der Waals surface area contributed by atoms with Crippen LogP contribution in [0.1, 0.15) is 33.6 Å². The van der Waals surface area contributed by atoms with E-state index in [0.29, 0.717) is 22.8 Å². The van der Waals surface area contributed by atoms with Gasteiger partial charge in [0.2, 0.25) is 0 Å². The molecule has 0 saturated heterocycles. The summed E-state index contributed by atoms with van der Waals surface area (Å²) in [6, 6.07) is 0. The third-order valence-electron chi connectivity index (χ3n) is 3.19. The van der Waals surface area contributed by atoms with E-state index in [1.165, 1.54) is 0 Å². The zero-order valence-electron chi connectivity index (χ0n) is 10.4. The van der Waals surface area contributed by atoms with E-state index in [1.807, 2.05) is 6.92 Å². The molecular weight excluding hydrogens is 256 g/mol. The van der Waals surface area contributed by atoms with E-state index < -0.39 is 11.5 Å². The molecule has 1 fully saturated rings. The fourth-order valence-electron chi connectivity index (χ4n) is 2.07. The number of carbonyl (C=O) groups is 1. The normalized spacial score (nSPS) is 30.8. The molecule has 0 aliphatic heterocycles. The second kappa shape index (κ2) is 5.50. The molecule has 96 valence electrons. The number of carbonyl (C=O) groups excluding carboxylic acids is 1. The molecule has 1 aliphatic carbocycles. The Morgan fingerprint density at radius 3 is 2.47 bits per heavy atom.